The molecular weight excluding hydrogens is 588 g/mol. The molecular formula is C37H44O9. The van der Waals surface area contributed by atoms with E-state index in [1.54, 1.807) is 28.4 Å². The lowest BCUT2D eigenvalue weighted by Crippen LogP contribution is -2.46. The molecule has 0 radical (unpaired) electrons. The molecule has 0 saturated carbocycles. The van der Waals surface area contributed by atoms with E-state index in [1.807, 2.05) is 97.1 Å². The molecule has 0 fully saturated rings. The van der Waals surface area contributed by atoms with Crippen molar-refractivity contribution in [2.75, 3.05) is 41.7 Å². The zero-order chi connectivity index (χ0) is 32.6. The summed E-state index contributed by atoms with van der Waals surface area (Å²) < 4.78 is 46.7. The molecule has 0 aliphatic heterocycles. The molecule has 0 amide bonds. The Balaban J connectivity index is 1.54. The van der Waals surface area contributed by atoms with Gasteiger partial charge in [0.25, 0.3) is 0 Å². The SMILES string of the molecule is COc1ccc(COC[C@@H](OCc2ccc(OC)cc2)[C@H](OCc2ccc(OC)cc2)[C@@H](CO)OCc2ccc(OC)cc2)cc1. The molecule has 0 heterocycles. The van der Waals surface area contributed by atoms with Crippen molar-refractivity contribution in [2.24, 2.45) is 0 Å². The first-order valence-electron chi connectivity index (χ1n) is 15.1. The fourth-order valence-electron chi connectivity index (χ4n) is 4.72. The maximum atomic E-state index is 10.6. The Labute approximate surface area is 271 Å². The van der Waals surface area contributed by atoms with Crippen molar-refractivity contribution in [1.82, 2.24) is 0 Å². The van der Waals surface area contributed by atoms with Crippen molar-refractivity contribution in [2.45, 2.75) is 44.7 Å². The highest BCUT2D eigenvalue weighted by atomic mass is 16.6. The zero-order valence-electron chi connectivity index (χ0n) is 26.9. The van der Waals surface area contributed by atoms with E-state index in [9.17, 15) is 5.11 Å². The molecule has 0 spiro atoms. The third kappa shape index (κ3) is 10.8. The van der Waals surface area contributed by atoms with Crippen LogP contribution in [0.1, 0.15) is 22.3 Å². The fraction of sp³-hybridized carbons (Fsp3) is 0.351. The standard InChI is InChI=1S/C37H44O9/c1-39-31-13-5-27(6-14-31)22-43-26-36(45-24-29-9-17-33(41-3)18-10-29)37(46-25-30-11-19-34(42-4)20-12-30)35(21-38)44-23-28-7-15-32(40-2)16-8-28/h5-20,35-38H,21-26H2,1-4H3/t35-,36-,37-/m1/s1. The summed E-state index contributed by atoms with van der Waals surface area (Å²) in [6, 6.07) is 30.6. The fourth-order valence-corrected chi connectivity index (χ4v) is 4.72. The molecule has 0 bridgehead atoms. The normalized spacial score (nSPS) is 13.1. The van der Waals surface area contributed by atoms with Gasteiger partial charge in [-0.1, -0.05) is 48.5 Å². The summed E-state index contributed by atoms with van der Waals surface area (Å²) in [6.45, 7) is 1.07. The van der Waals surface area contributed by atoms with Crippen LogP contribution in [0.5, 0.6) is 23.0 Å². The lowest BCUT2D eigenvalue weighted by Gasteiger charge is -2.33. The minimum Gasteiger partial charge on any atom is -0.497 e. The van der Waals surface area contributed by atoms with Gasteiger partial charge in [0, 0.05) is 0 Å². The van der Waals surface area contributed by atoms with Gasteiger partial charge in [-0.3, -0.25) is 0 Å². The summed E-state index contributed by atoms with van der Waals surface area (Å²) in [5.41, 5.74) is 3.81. The molecule has 0 saturated heterocycles. The molecule has 3 atom stereocenters. The summed E-state index contributed by atoms with van der Waals surface area (Å²) in [4.78, 5) is 0. The second kappa shape index (κ2) is 18.8. The van der Waals surface area contributed by atoms with Gasteiger partial charge in [0.1, 0.15) is 41.3 Å². The van der Waals surface area contributed by atoms with E-state index in [2.05, 4.69) is 0 Å². The van der Waals surface area contributed by atoms with Crippen LogP contribution in [0.15, 0.2) is 97.1 Å². The van der Waals surface area contributed by atoms with E-state index in [4.69, 9.17) is 37.9 Å². The second-order valence-corrected chi connectivity index (χ2v) is 10.6. The third-order valence-corrected chi connectivity index (χ3v) is 7.47. The van der Waals surface area contributed by atoms with Crippen LogP contribution in [0.3, 0.4) is 0 Å². The van der Waals surface area contributed by atoms with Gasteiger partial charge in [-0.15, -0.1) is 0 Å². The number of aliphatic hydroxyl groups is 1. The van der Waals surface area contributed by atoms with E-state index in [0.29, 0.717) is 13.2 Å². The van der Waals surface area contributed by atoms with Crippen LogP contribution in [0.25, 0.3) is 0 Å². The van der Waals surface area contributed by atoms with Crippen molar-refractivity contribution in [3.63, 3.8) is 0 Å². The molecule has 0 aliphatic rings. The molecule has 246 valence electrons. The number of ether oxygens (including phenoxy) is 8. The summed E-state index contributed by atoms with van der Waals surface area (Å²) in [6.07, 6.45) is -1.99. The van der Waals surface area contributed by atoms with Gasteiger partial charge in [-0.05, 0) is 70.8 Å². The number of aliphatic hydroxyl groups excluding tert-OH is 1. The van der Waals surface area contributed by atoms with E-state index in [0.717, 1.165) is 45.3 Å². The molecule has 4 rings (SSSR count). The Bertz CT molecular complexity index is 1390. The Morgan fingerprint density at radius 1 is 0.435 bits per heavy atom. The van der Waals surface area contributed by atoms with Crippen LogP contribution in [-0.4, -0.2) is 65.1 Å². The largest absolute Gasteiger partial charge is 0.497 e. The predicted octanol–water partition coefficient (Wildman–Crippen LogP) is 5.99. The lowest BCUT2D eigenvalue weighted by atomic mass is 10.1. The van der Waals surface area contributed by atoms with E-state index in [1.165, 1.54) is 0 Å². The van der Waals surface area contributed by atoms with Gasteiger partial charge >= 0.3 is 0 Å². The summed E-state index contributed by atoms with van der Waals surface area (Å²) in [5, 5.41) is 10.6. The predicted molar refractivity (Wildman–Crippen MR) is 174 cm³/mol. The van der Waals surface area contributed by atoms with Crippen LogP contribution in [-0.2, 0) is 45.4 Å². The summed E-state index contributed by atoms with van der Waals surface area (Å²) >= 11 is 0. The topological polar surface area (TPSA) is 94.1 Å². The molecule has 9 nitrogen and oxygen atoms in total. The highest BCUT2D eigenvalue weighted by Crippen LogP contribution is 2.22. The maximum absolute atomic E-state index is 10.6. The quantitative estimate of drug-likeness (QED) is 0.126. The van der Waals surface area contributed by atoms with Gasteiger partial charge in [-0.2, -0.15) is 0 Å². The molecule has 4 aromatic carbocycles. The molecule has 9 heteroatoms. The van der Waals surface area contributed by atoms with Crippen molar-refractivity contribution in [3.05, 3.63) is 119 Å². The average Bonchev–Trinajstić information content (AvgIpc) is 3.12. The minimum atomic E-state index is -0.717. The van der Waals surface area contributed by atoms with Crippen molar-refractivity contribution in [3.8, 4) is 23.0 Å². The number of hydrogen-bond donors (Lipinski definition) is 1. The van der Waals surface area contributed by atoms with Crippen LogP contribution >= 0.6 is 0 Å². The Kier molecular flexibility index (Phi) is 14.2. The number of hydrogen-bond acceptors (Lipinski definition) is 9. The van der Waals surface area contributed by atoms with Gasteiger partial charge < -0.3 is 43.0 Å². The number of rotatable bonds is 20. The smallest absolute Gasteiger partial charge is 0.118 e. The van der Waals surface area contributed by atoms with E-state index >= 15 is 0 Å². The maximum Gasteiger partial charge on any atom is 0.118 e. The molecule has 1 N–H and O–H groups in total. The van der Waals surface area contributed by atoms with Crippen LogP contribution in [0.2, 0.25) is 0 Å². The first-order chi connectivity index (χ1) is 22.5. The summed E-state index contributed by atoms with van der Waals surface area (Å²) in [7, 11) is 6.52. The van der Waals surface area contributed by atoms with Gasteiger partial charge in [0.15, 0.2) is 0 Å². The molecule has 0 aromatic heterocycles. The van der Waals surface area contributed by atoms with E-state index in [-0.39, 0.29) is 26.4 Å². The number of methoxy groups -OCH3 is 4. The monoisotopic (exact) mass is 632 g/mol. The van der Waals surface area contributed by atoms with Crippen molar-refractivity contribution >= 4 is 0 Å². The lowest BCUT2D eigenvalue weighted by molar-refractivity contribution is -0.176. The highest BCUT2D eigenvalue weighted by Gasteiger charge is 2.33. The van der Waals surface area contributed by atoms with Crippen LogP contribution < -0.4 is 18.9 Å². The first-order valence-corrected chi connectivity index (χ1v) is 15.1. The Hall–Kier alpha value is -4.12. The Morgan fingerprint density at radius 2 is 0.761 bits per heavy atom. The first kappa shape index (κ1) is 34.7. The van der Waals surface area contributed by atoms with Gasteiger partial charge in [0.05, 0.1) is 68.1 Å². The van der Waals surface area contributed by atoms with E-state index < -0.39 is 18.3 Å². The zero-order valence-corrected chi connectivity index (χ0v) is 26.9. The average molecular weight is 633 g/mol. The van der Waals surface area contributed by atoms with Crippen LogP contribution in [0, 0.1) is 0 Å². The highest BCUT2D eigenvalue weighted by molar-refractivity contribution is 5.29. The molecule has 0 unspecified atom stereocenters. The molecule has 4 aromatic rings. The molecule has 0 aliphatic carbocycles. The van der Waals surface area contributed by atoms with Crippen molar-refractivity contribution < 1.29 is 43.0 Å². The van der Waals surface area contributed by atoms with Crippen LogP contribution in [0.4, 0.5) is 0 Å². The minimum absolute atomic E-state index is 0.192. The summed E-state index contributed by atoms with van der Waals surface area (Å²) in [5.74, 6) is 3.04. The molecule has 46 heavy (non-hydrogen) atoms. The number of benzene rings is 4. The Morgan fingerprint density at radius 3 is 1.11 bits per heavy atom. The van der Waals surface area contributed by atoms with Gasteiger partial charge in [-0.25, -0.2) is 0 Å². The third-order valence-electron chi connectivity index (χ3n) is 7.47. The second-order valence-electron chi connectivity index (χ2n) is 10.6. The van der Waals surface area contributed by atoms with Gasteiger partial charge in [0.2, 0.25) is 0 Å². The van der Waals surface area contributed by atoms with Crippen molar-refractivity contribution in [1.29, 1.82) is 0 Å².